The lowest BCUT2D eigenvalue weighted by Gasteiger charge is -2.46. The summed E-state index contributed by atoms with van der Waals surface area (Å²) < 4.78 is 5.23. The fourth-order valence-corrected chi connectivity index (χ4v) is 4.79. The number of amides is 2. The number of hydrogen-bond acceptors (Lipinski definition) is 3. The Kier molecular flexibility index (Phi) is 4.49. The number of fused-ring (bicyclic) bond motifs is 1. The van der Waals surface area contributed by atoms with E-state index in [1.165, 1.54) is 0 Å². The normalized spacial score (nSPS) is 26.1. The molecule has 5 nitrogen and oxygen atoms in total. The molecule has 2 fully saturated rings. The summed E-state index contributed by atoms with van der Waals surface area (Å²) in [4.78, 5) is 27.0. The van der Waals surface area contributed by atoms with Gasteiger partial charge in [-0.1, -0.05) is 18.2 Å². The third-order valence-electron chi connectivity index (χ3n) is 6.71. The SMILES string of the molecule is COc1ccc(C2(C(=O)NCC34CCCC=C3N(C)C(=O)CC4)CC2)cc1. The second-order valence-electron chi connectivity index (χ2n) is 8.21. The topological polar surface area (TPSA) is 58.6 Å². The second kappa shape index (κ2) is 6.70. The fourth-order valence-electron chi connectivity index (χ4n) is 4.79. The van der Waals surface area contributed by atoms with Gasteiger partial charge in [0.05, 0.1) is 12.5 Å². The summed E-state index contributed by atoms with van der Waals surface area (Å²) in [6.07, 6.45) is 8.53. The Hall–Kier alpha value is -2.30. The molecule has 1 saturated carbocycles. The Morgan fingerprint density at radius 2 is 1.93 bits per heavy atom. The van der Waals surface area contributed by atoms with E-state index in [9.17, 15) is 9.59 Å². The van der Waals surface area contributed by atoms with Crippen LogP contribution in [0.3, 0.4) is 0 Å². The van der Waals surface area contributed by atoms with Gasteiger partial charge >= 0.3 is 0 Å². The van der Waals surface area contributed by atoms with Gasteiger partial charge in [-0.05, 0) is 56.2 Å². The Bertz CT molecular complexity index is 779. The van der Waals surface area contributed by atoms with Crippen LogP contribution in [0.4, 0.5) is 0 Å². The Morgan fingerprint density at radius 3 is 2.59 bits per heavy atom. The highest BCUT2D eigenvalue weighted by atomic mass is 16.5. The molecule has 2 amide bonds. The van der Waals surface area contributed by atoms with Gasteiger partial charge in [0.15, 0.2) is 0 Å². The molecule has 4 rings (SSSR count). The molecule has 1 aromatic rings. The summed E-state index contributed by atoms with van der Waals surface area (Å²) in [5, 5.41) is 3.26. The van der Waals surface area contributed by atoms with Gasteiger partial charge in [0, 0.05) is 31.1 Å². The van der Waals surface area contributed by atoms with Gasteiger partial charge in [0.1, 0.15) is 5.75 Å². The van der Waals surface area contributed by atoms with Crippen molar-refractivity contribution < 1.29 is 14.3 Å². The smallest absolute Gasteiger partial charge is 0.230 e. The van der Waals surface area contributed by atoms with E-state index in [0.29, 0.717) is 13.0 Å². The third-order valence-corrected chi connectivity index (χ3v) is 6.71. The number of nitrogens with zero attached hydrogens (tertiary/aromatic N) is 1. The van der Waals surface area contributed by atoms with Crippen LogP contribution < -0.4 is 10.1 Å². The molecule has 2 aliphatic carbocycles. The molecule has 1 heterocycles. The monoisotopic (exact) mass is 368 g/mol. The molecule has 1 saturated heterocycles. The highest BCUT2D eigenvalue weighted by molar-refractivity contribution is 5.91. The van der Waals surface area contributed by atoms with Gasteiger partial charge in [0.25, 0.3) is 0 Å². The molecule has 1 N–H and O–H groups in total. The number of allylic oxidation sites excluding steroid dienone is 1. The molecule has 0 spiro atoms. The minimum Gasteiger partial charge on any atom is -0.497 e. The maximum Gasteiger partial charge on any atom is 0.230 e. The lowest BCUT2D eigenvalue weighted by molar-refractivity contribution is -0.132. The number of methoxy groups -OCH3 is 1. The van der Waals surface area contributed by atoms with Crippen molar-refractivity contribution in [3.05, 3.63) is 41.6 Å². The van der Waals surface area contributed by atoms with Crippen molar-refractivity contribution in [3.63, 3.8) is 0 Å². The summed E-state index contributed by atoms with van der Waals surface area (Å²) in [5.41, 5.74) is 1.69. The van der Waals surface area contributed by atoms with Crippen molar-refractivity contribution in [2.24, 2.45) is 5.41 Å². The maximum absolute atomic E-state index is 13.1. The number of benzene rings is 1. The zero-order valence-electron chi connectivity index (χ0n) is 16.2. The Labute approximate surface area is 160 Å². The van der Waals surface area contributed by atoms with Crippen molar-refractivity contribution >= 4 is 11.8 Å². The largest absolute Gasteiger partial charge is 0.497 e. The first-order valence-corrected chi connectivity index (χ1v) is 9.91. The molecule has 5 heteroatoms. The van der Waals surface area contributed by atoms with E-state index in [1.807, 2.05) is 36.2 Å². The van der Waals surface area contributed by atoms with Crippen molar-refractivity contribution in [1.82, 2.24) is 10.2 Å². The number of nitrogens with one attached hydrogen (secondary N) is 1. The standard InChI is InChI=1S/C22H28N2O3/c1-24-18-5-3-4-11-21(18,12-10-19(24)25)15-23-20(26)22(13-14-22)16-6-8-17(27-2)9-7-16/h5-9H,3-4,10-15H2,1-2H3,(H,23,26). The van der Waals surface area contributed by atoms with Gasteiger partial charge < -0.3 is 15.0 Å². The molecule has 0 bridgehead atoms. The molecule has 1 aliphatic heterocycles. The minimum absolute atomic E-state index is 0.0907. The first-order chi connectivity index (χ1) is 13.0. The van der Waals surface area contributed by atoms with Gasteiger partial charge in [-0.2, -0.15) is 0 Å². The van der Waals surface area contributed by atoms with Crippen LogP contribution in [0.1, 0.15) is 50.5 Å². The van der Waals surface area contributed by atoms with E-state index < -0.39 is 5.41 Å². The van der Waals surface area contributed by atoms with Gasteiger partial charge in [-0.25, -0.2) is 0 Å². The molecular weight excluding hydrogens is 340 g/mol. The van der Waals surface area contributed by atoms with Crippen LogP contribution in [-0.2, 0) is 15.0 Å². The van der Waals surface area contributed by atoms with Crippen molar-refractivity contribution in [3.8, 4) is 5.75 Å². The average Bonchev–Trinajstić information content (AvgIpc) is 3.51. The molecule has 27 heavy (non-hydrogen) atoms. The number of carbonyl (C=O) groups is 2. The molecule has 0 aromatic heterocycles. The molecule has 1 atom stereocenters. The van der Waals surface area contributed by atoms with E-state index in [0.717, 1.165) is 55.5 Å². The van der Waals surface area contributed by atoms with Crippen LogP contribution in [-0.4, -0.2) is 37.4 Å². The van der Waals surface area contributed by atoms with Gasteiger partial charge in [0.2, 0.25) is 11.8 Å². The summed E-state index contributed by atoms with van der Waals surface area (Å²) in [6.45, 7) is 0.618. The van der Waals surface area contributed by atoms with E-state index in [1.54, 1.807) is 7.11 Å². The molecule has 1 aromatic carbocycles. The summed E-state index contributed by atoms with van der Waals surface area (Å²) in [7, 11) is 3.52. The van der Waals surface area contributed by atoms with E-state index in [-0.39, 0.29) is 17.2 Å². The predicted octanol–water partition coefficient (Wildman–Crippen LogP) is 3.15. The second-order valence-corrected chi connectivity index (χ2v) is 8.21. The zero-order chi connectivity index (χ0) is 19.1. The lowest BCUT2D eigenvalue weighted by atomic mass is 9.70. The minimum atomic E-state index is -0.391. The van der Waals surface area contributed by atoms with E-state index in [4.69, 9.17) is 4.74 Å². The quantitative estimate of drug-likeness (QED) is 0.869. The van der Waals surface area contributed by atoms with Crippen LogP contribution in [0.5, 0.6) is 5.75 Å². The van der Waals surface area contributed by atoms with E-state index >= 15 is 0 Å². The lowest BCUT2D eigenvalue weighted by Crippen LogP contribution is -2.50. The van der Waals surface area contributed by atoms with Crippen LogP contribution in [0.2, 0.25) is 0 Å². The molecule has 0 radical (unpaired) electrons. The van der Waals surface area contributed by atoms with Crippen molar-refractivity contribution in [1.29, 1.82) is 0 Å². The van der Waals surface area contributed by atoms with Crippen molar-refractivity contribution in [2.45, 2.75) is 50.4 Å². The highest BCUT2D eigenvalue weighted by Gasteiger charge is 2.52. The zero-order valence-corrected chi connectivity index (χ0v) is 16.2. The Balaban J connectivity index is 1.49. The fraction of sp³-hybridized carbons (Fsp3) is 0.545. The van der Waals surface area contributed by atoms with Crippen LogP contribution >= 0.6 is 0 Å². The summed E-state index contributed by atoms with van der Waals surface area (Å²) in [5.74, 6) is 1.11. The van der Waals surface area contributed by atoms with Crippen LogP contribution in [0.25, 0.3) is 0 Å². The number of likely N-dealkylation sites (tertiary alicyclic amines) is 1. The first kappa shape index (κ1) is 18.1. The summed E-state index contributed by atoms with van der Waals surface area (Å²) in [6, 6.07) is 7.85. The average molecular weight is 368 g/mol. The molecule has 3 aliphatic rings. The third kappa shape index (κ3) is 3.03. The first-order valence-electron chi connectivity index (χ1n) is 9.91. The number of rotatable bonds is 5. The number of piperidine rings is 1. The van der Waals surface area contributed by atoms with Crippen LogP contribution in [0.15, 0.2) is 36.0 Å². The molecular formula is C22H28N2O3. The number of hydrogen-bond donors (Lipinski definition) is 1. The molecule has 1 unspecified atom stereocenters. The number of carbonyl (C=O) groups excluding carboxylic acids is 2. The predicted molar refractivity (Wildman–Crippen MR) is 103 cm³/mol. The van der Waals surface area contributed by atoms with E-state index in [2.05, 4.69) is 11.4 Å². The maximum atomic E-state index is 13.1. The molecule has 144 valence electrons. The summed E-state index contributed by atoms with van der Waals surface area (Å²) >= 11 is 0. The van der Waals surface area contributed by atoms with Crippen molar-refractivity contribution in [2.75, 3.05) is 20.7 Å². The highest BCUT2D eigenvalue weighted by Crippen LogP contribution is 2.50. The van der Waals surface area contributed by atoms with Crippen LogP contribution in [0, 0.1) is 5.41 Å². The Morgan fingerprint density at radius 1 is 1.19 bits per heavy atom. The number of ether oxygens (including phenoxy) is 1. The van der Waals surface area contributed by atoms with Gasteiger partial charge in [-0.15, -0.1) is 0 Å². The van der Waals surface area contributed by atoms with Gasteiger partial charge in [-0.3, -0.25) is 9.59 Å².